The highest BCUT2D eigenvalue weighted by Gasteiger charge is 2.20. The van der Waals surface area contributed by atoms with E-state index < -0.39 is 12.1 Å². The molecule has 0 heterocycles. The van der Waals surface area contributed by atoms with Gasteiger partial charge < -0.3 is 9.84 Å². The van der Waals surface area contributed by atoms with Crippen LogP contribution in [0.2, 0.25) is 0 Å². The molecule has 0 bridgehead atoms. The lowest BCUT2D eigenvalue weighted by Gasteiger charge is -2.16. The number of hydrogen-bond acceptors (Lipinski definition) is 3. The summed E-state index contributed by atoms with van der Waals surface area (Å²) in [5.74, 6) is -0.702. The molecule has 1 atom stereocenters. The van der Waals surface area contributed by atoms with E-state index in [1.54, 1.807) is 31.2 Å². The molecule has 1 rings (SSSR count). The van der Waals surface area contributed by atoms with E-state index in [1.807, 2.05) is 6.92 Å². The molecule has 0 aliphatic heterocycles. The molecule has 1 unspecified atom stereocenters. The zero-order valence-corrected chi connectivity index (χ0v) is 10.7. The van der Waals surface area contributed by atoms with E-state index in [1.165, 1.54) is 0 Å². The van der Waals surface area contributed by atoms with Gasteiger partial charge in [-0.05, 0) is 18.6 Å². The van der Waals surface area contributed by atoms with Gasteiger partial charge in [-0.2, -0.15) is 0 Å². The first-order valence-electron chi connectivity index (χ1n) is 6.11. The lowest BCUT2D eigenvalue weighted by atomic mass is 10.1. The Morgan fingerprint density at radius 3 is 2.50 bits per heavy atom. The maximum Gasteiger partial charge on any atom is 0.344 e. The number of ether oxygens (including phenoxy) is 1. The summed E-state index contributed by atoms with van der Waals surface area (Å²) in [6.45, 7) is 3.65. The smallest absolute Gasteiger partial charge is 0.344 e. The highest BCUT2D eigenvalue weighted by Crippen LogP contribution is 2.22. The van der Waals surface area contributed by atoms with Crippen LogP contribution in [0.4, 0.5) is 0 Å². The number of aliphatic carboxylic acids is 1. The second-order valence-electron chi connectivity index (χ2n) is 4.01. The largest absolute Gasteiger partial charge is 0.479 e. The molecule has 4 heteroatoms. The highest BCUT2D eigenvalue weighted by atomic mass is 16.5. The van der Waals surface area contributed by atoms with Crippen molar-refractivity contribution >= 4 is 11.8 Å². The number of rotatable bonds is 7. The molecule has 4 nitrogen and oxygen atoms in total. The monoisotopic (exact) mass is 250 g/mol. The normalized spacial score (nSPS) is 11.9. The number of Topliss-reactive ketones (excluding diaryl/α,β-unsaturated/α-hetero) is 1. The van der Waals surface area contributed by atoms with Gasteiger partial charge in [-0.1, -0.05) is 32.4 Å². The standard InChI is InChI=1S/C14H18O4/c1-3-7-13(14(16)17)18-12-9-6-5-8-10(12)11(15)4-2/h5-6,8-9,13H,3-4,7H2,1-2H3,(H,16,17). The lowest BCUT2D eigenvalue weighted by Crippen LogP contribution is -2.27. The van der Waals surface area contributed by atoms with Gasteiger partial charge >= 0.3 is 5.97 Å². The summed E-state index contributed by atoms with van der Waals surface area (Å²) in [6.07, 6.45) is 0.595. The zero-order chi connectivity index (χ0) is 13.5. The molecule has 0 saturated heterocycles. The number of hydrogen-bond donors (Lipinski definition) is 1. The Balaban J connectivity index is 2.95. The number of carboxylic acids is 1. The van der Waals surface area contributed by atoms with Gasteiger partial charge in [-0.15, -0.1) is 0 Å². The van der Waals surface area contributed by atoms with Crippen LogP contribution in [0.25, 0.3) is 0 Å². The number of carboxylic acid groups (broad SMARTS) is 1. The van der Waals surface area contributed by atoms with E-state index in [9.17, 15) is 9.59 Å². The van der Waals surface area contributed by atoms with Crippen LogP contribution in [-0.4, -0.2) is 23.0 Å². The molecular formula is C14H18O4. The number of benzene rings is 1. The second-order valence-corrected chi connectivity index (χ2v) is 4.01. The first-order chi connectivity index (χ1) is 8.60. The number of ketones is 1. The van der Waals surface area contributed by atoms with Gasteiger partial charge in [-0.25, -0.2) is 4.79 Å². The van der Waals surface area contributed by atoms with E-state index in [-0.39, 0.29) is 5.78 Å². The van der Waals surface area contributed by atoms with Crippen molar-refractivity contribution in [2.45, 2.75) is 39.2 Å². The molecule has 0 aliphatic carbocycles. The predicted molar refractivity (Wildman–Crippen MR) is 68.0 cm³/mol. The van der Waals surface area contributed by atoms with Crippen molar-refractivity contribution < 1.29 is 19.4 Å². The average molecular weight is 250 g/mol. The maximum atomic E-state index is 11.7. The summed E-state index contributed by atoms with van der Waals surface area (Å²) in [7, 11) is 0. The fourth-order valence-corrected chi connectivity index (χ4v) is 1.64. The minimum atomic E-state index is -1.00. The van der Waals surface area contributed by atoms with E-state index >= 15 is 0 Å². The van der Waals surface area contributed by atoms with E-state index in [4.69, 9.17) is 9.84 Å². The molecular weight excluding hydrogens is 232 g/mol. The van der Waals surface area contributed by atoms with Gasteiger partial charge in [0.05, 0.1) is 5.56 Å². The summed E-state index contributed by atoms with van der Waals surface area (Å²) in [6, 6.07) is 6.76. The van der Waals surface area contributed by atoms with Crippen molar-refractivity contribution in [3.05, 3.63) is 29.8 Å². The lowest BCUT2D eigenvalue weighted by molar-refractivity contribution is -0.145. The van der Waals surface area contributed by atoms with Gasteiger partial charge in [0.2, 0.25) is 0 Å². The van der Waals surface area contributed by atoms with Gasteiger partial charge in [0.1, 0.15) is 5.75 Å². The van der Waals surface area contributed by atoms with E-state index in [2.05, 4.69) is 0 Å². The van der Waals surface area contributed by atoms with Crippen molar-refractivity contribution in [1.82, 2.24) is 0 Å². The topological polar surface area (TPSA) is 63.6 Å². The summed E-state index contributed by atoms with van der Waals surface area (Å²) in [5, 5.41) is 9.04. The predicted octanol–water partition coefficient (Wildman–Crippen LogP) is 2.91. The molecule has 0 aliphatic rings. The van der Waals surface area contributed by atoms with Crippen LogP contribution in [0.1, 0.15) is 43.5 Å². The molecule has 1 aromatic rings. The Labute approximate surface area is 107 Å². The van der Waals surface area contributed by atoms with Gasteiger partial charge in [0.25, 0.3) is 0 Å². The Morgan fingerprint density at radius 1 is 1.28 bits per heavy atom. The fourth-order valence-electron chi connectivity index (χ4n) is 1.64. The van der Waals surface area contributed by atoms with Crippen LogP contribution < -0.4 is 4.74 Å². The van der Waals surface area contributed by atoms with Crippen molar-refractivity contribution in [1.29, 1.82) is 0 Å². The molecule has 1 N–H and O–H groups in total. The highest BCUT2D eigenvalue weighted by molar-refractivity contribution is 5.98. The molecule has 0 amide bonds. The van der Waals surface area contributed by atoms with Crippen LogP contribution >= 0.6 is 0 Å². The maximum absolute atomic E-state index is 11.7. The first kappa shape index (κ1) is 14.2. The van der Waals surface area contributed by atoms with Crippen molar-refractivity contribution in [2.24, 2.45) is 0 Å². The van der Waals surface area contributed by atoms with E-state index in [0.29, 0.717) is 30.6 Å². The van der Waals surface area contributed by atoms with Crippen LogP contribution in [-0.2, 0) is 4.79 Å². The molecule has 0 saturated carbocycles. The van der Waals surface area contributed by atoms with Gasteiger partial charge in [0.15, 0.2) is 11.9 Å². The molecule has 0 aromatic heterocycles. The third kappa shape index (κ3) is 3.58. The van der Waals surface area contributed by atoms with Gasteiger partial charge in [0, 0.05) is 6.42 Å². The summed E-state index contributed by atoms with van der Waals surface area (Å²) >= 11 is 0. The summed E-state index contributed by atoms with van der Waals surface area (Å²) in [5.41, 5.74) is 0.447. The average Bonchev–Trinajstić information content (AvgIpc) is 2.37. The van der Waals surface area contributed by atoms with Gasteiger partial charge in [-0.3, -0.25) is 4.79 Å². The SMILES string of the molecule is CCCC(Oc1ccccc1C(=O)CC)C(=O)O. The Hall–Kier alpha value is -1.84. The quantitative estimate of drug-likeness (QED) is 0.756. The van der Waals surface area contributed by atoms with Crippen molar-refractivity contribution in [2.75, 3.05) is 0 Å². The van der Waals surface area contributed by atoms with Crippen LogP contribution in [0.3, 0.4) is 0 Å². The summed E-state index contributed by atoms with van der Waals surface area (Å²) in [4.78, 5) is 22.8. The van der Waals surface area contributed by atoms with Crippen LogP contribution in [0.15, 0.2) is 24.3 Å². The number of para-hydroxylation sites is 1. The molecule has 18 heavy (non-hydrogen) atoms. The molecule has 0 radical (unpaired) electrons. The molecule has 98 valence electrons. The molecule has 0 fully saturated rings. The first-order valence-corrected chi connectivity index (χ1v) is 6.11. The van der Waals surface area contributed by atoms with Crippen LogP contribution in [0.5, 0.6) is 5.75 Å². The van der Waals surface area contributed by atoms with Crippen LogP contribution in [0, 0.1) is 0 Å². The van der Waals surface area contributed by atoms with Crippen molar-refractivity contribution in [3.8, 4) is 5.75 Å². The minimum Gasteiger partial charge on any atom is -0.479 e. The van der Waals surface area contributed by atoms with E-state index in [0.717, 1.165) is 0 Å². The minimum absolute atomic E-state index is 0.0498. The molecule has 1 aromatic carbocycles. The number of carbonyl (C=O) groups excluding carboxylic acids is 1. The summed E-state index contributed by atoms with van der Waals surface area (Å²) < 4.78 is 5.45. The fraction of sp³-hybridized carbons (Fsp3) is 0.429. The Kier molecular flexibility index (Phi) is 5.36. The third-order valence-electron chi connectivity index (χ3n) is 2.60. The third-order valence-corrected chi connectivity index (χ3v) is 2.60. The Morgan fingerprint density at radius 2 is 1.94 bits per heavy atom. The molecule has 0 spiro atoms. The zero-order valence-electron chi connectivity index (χ0n) is 10.7. The number of carbonyl (C=O) groups is 2. The second kappa shape index (κ2) is 6.79. The van der Waals surface area contributed by atoms with Crippen molar-refractivity contribution in [3.63, 3.8) is 0 Å². The Bertz CT molecular complexity index is 426.